The number of rotatable bonds is 9. The van der Waals surface area contributed by atoms with E-state index in [1.807, 2.05) is 77.0 Å². The third-order valence-corrected chi connectivity index (χ3v) is 7.29. The van der Waals surface area contributed by atoms with Crippen LogP contribution in [0.25, 0.3) is 0 Å². The minimum Gasteiger partial charge on any atom is -0.495 e. The Morgan fingerprint density at radius 1 is 0.943 bits per heavy atom. The number of ether oxygens (including phenoxy) is 1. The monoisotopic (exact) mass is 491 g/mol. The number of thiophene rings is 1. The lowest BCUT2D eigenvalue weighted by atomic mass is 9.94. The van der Waals surface area contributed by atoms with Crippen LogP contribution in [0.15, 0.2) is 72.1 Å². The topological polar surface area (TPSA) is 61.9 Å². The van der Waals surface area contributed by atoms with Crippen molar-refractivity contribution in [2.24, 2.45) is 0 Å². The third kappa shape index (κ3) is 6.85. The molecule has 6 nitrogen and oxygen atoms in total. The van der Waals surface area contributed by atoms with E-state index in [-0.39, 0.29) is 24.5 Å². The zero-order valence-corrected chi connectivity index (χ0v) is 21.0. The average molecular weight is 492 g/mol. The van der Waals surface area contributed by atoms with Crippen LogP contribution < -0.4 is 10.1 Å². The van der Waals surface area contributed by atoms with Gasteiger partial charge in [-0.2, -0.15) is 0 Å². The van der Waals surface area contributed by atoms with Crippen molar-refractivity contribution in [3.63, 3.8) is 0 Å². The Hall–Kier alpha value is -3.32. The van der Waals surface area contributed by atoms with Gasteiger partial charge in [-0.1, -0.05) is 67.8 Å². The molecule has 0 unspecified atom stereocenters. The highest BCUT2D eigenvalue weighted by molar-refractivity contribution is 7.09. The summed E-state index contributed by atoms with van der Waals surface area (Å²) in [6.45, 7) is 1.08. The summed E-state index contributed by atoms with van der Waals surface area (Å²) < 4.78 is 5.41. The van der Waals surface area contributed by atoms with Crippen LogP contribution in [0.2, 0.25) is 0 Å². The van der Waals surface area contributed by atoms with E-state index in [1.165, 1.54) is 6.42 Å². The smallest absolute Gasteiger partial charge is 0.322 e. The van der Waals surface area contributed by atoms with Crippen LogP contribution in [0, 0.1) is 0 Å². The Bertz CT molecular complexity index is 1080. The first kappa shape index (κ1) is 24.8. The first-order chi connectivity index (χ1) is 17.1. The molecule has 184 valence electrons. The molecule has 0 spiro atoms. The molecule has 1 aliphatic carbocycles. The highest BCUT2D eigenvalue weighted by Crippen LogP contribution is 2.27. The third-order valence-electron chi connectivity index (χ3n) is 6.43. The summed E-state index contributed by atoms with van der Waals surface area (Å²) in [6.07, 6.45) is 5.14. The minimum atomic E-state index is -0.259. The van der Waals surface area contributed by atoms with Crippen LogP contribution in [0.4, 0.5) is 10.5 Å². The minimum absolute atomic E-state index is 0.0442. The summed E-state index contributed by atoms with van der Waals surface area (Å²) in [5.74, 6) is 0.544. The Kier molecular flexibility index (Phi) is 8.79. The Balaban J connectivity index is 1.54. The average Bonchev–Trinajstić information content (AvgIpc) is 3.41. The van der Waals surface area contributed by atoms with Crippen molar-refractivity contribution in [2.45, 2.75) is 51.2 Å². The predicted molar refractivity (Wildman–Crippen MR) is 141 cm³/mol. The number of methoxy groups -OCH3 is 1. The molecule has 1 fully saturated rings. The summed E-state index contributed by atoms with van der Waals surface area (Å²) >= 11 is 1.64. The molecule has 4 rings (SSSR count). The maximum absolute atomic E-state index is 13.7. The number of anilines is 1. The number of amides is 3. The quantitative estimate of drug-likeness (QED) is 0.390. The summed E-state index contributed by atoms with van der Waals surface area (Å²) in [5, 5.41) is 5.02. The fraction of sp³-hybridized carbons (Fsp3) is 0.357. The zero-order chi connectivity index (χ0) is 24.5. The summed E-state index contributed by atoms with van der Waals surface area (Å²) in [4.78, 5) is 31.9. The first-order valence-corrected chi connectivity index (χ1v) is 13.1. The van der Waals surface area contributed by atoms with Crippen LogP contribution in [-0.2, 0) is 17.9 Å². The molecule has 0 radical (unpaired) electrons. The van der Waals surface area contributed by atoms with E-state index in [1.54, 1.807) is 23.3 Å². The van der Waals surface area contributed by atoms with Crippen LogP contribution >= 0.6 is 11.3 Å². The van der Waals surface area contributed by atoms with E-state index >= 15 is 0 Å². The van der Waals surface area contributed by atoms with Gasteiger partial charge in [0.15, 0.2) is 0 Å². The molecule has 0 aliphatic heterocycles. The number of hydrogen-bond donors (Lipinski definition) is 1. The zero-order valence-electron chi connectivity index (χ0n) is 20.2. The van der Waals surface area contributed by atoms with Gasteiger partial charge in [-0.05, 0) is 42.0 Å². The van der Waals surface area contributed by atoms with E-state index in [9.17, 15) is 9.59 Å². The summed E-state index contributed by atoms with van der Waals surface area (Å²) in [6, 6.07) is 21.2. The van der Waals surface area contributed by atoms with Gasteiger partial charge in [0.1, 0.15) is 12.3 Å². The van der Waals surface area contributed by atoms with Crippen LogP contribution in [-0.4, -0.2) is 41.4 Å². The molecule has 0 saturated heterocycles. The summed E-state index contributed by atoms with van der Waals surface area (Å²) in [7, 11) is 1.58. The van der Waals surface area contributed by atoms with Crippen molar-refractivity contribution in [3.05, 3.63) is 82.6 Å². The van der Waals surface area contributed by atoms with E-state index in [2.05, 4.69) is 5.32 Å². The standard InChI is InChI=1S/C28H33N3O3S/c1-34-26-17-9-8-16-25(26)29-28(33)31(23-13-6-3-7-14-23)21-27(32)30(20-24-15-10-18-35-24)19-22-11-4-2-5-12-22/h2,4-5,8-12,15-18,23H,3,6-7,13-14,19-21H2,1H3,(H,29,33). The molecule has 7 heteroatoms. The van der Waals surface area contributed by atoms with Gasteiger partial charge in [-0.25, -0.2) is 4.79 Å². The fourth-order valence-electron chi connectivity index (χ4n) is 4.57. The molecule has 0 atom stereocenters. The van der Waals surface area contributed by atoms with Crippen molar-refractivity contribution < 1.29 is 14.3 Å². The van der Waals surface area contributed by atoms with Gasteiger partial charge in [0.05, 0.1) is 19.3 Å². The molecule has 3 aromatic rings. The van der Waals surface area contributed by atoms with Gasteiger partial charge >= 0.3 is 6.03 Å². The van der Waals surface area contributed by atoms with E-state index in [0.29, 0.717) is 24.5 Å². The summed E-state index contributed by atoms with van der Waals surface area (Å²) in [5.41, 5.74) is 1.67. The van der Waals surface area contributed by atoms with E-state index in [4.69, 9.17) is 4.74 Å². The second-order valence-corrected chi connectivity index (χ2v) is 9.90. The number of urea groups is 1. The van der Waals surface area contributed by atoms with Gasteiger partial charge in [0.2, 0.25) is 5.91 Å². The number of para-hydroxylation sites is 2. The second-order valence-electron chi connectivity index (χ2n) is 8.86. The Labute approximate surface area is 211 Å². The molecule has 1 aliphatic rings. The van der Waals surface area contributed by atoms with Gasteiger partial charge < -0.3 is 19.9 Å². The van der Waals surface area contributed by atoms with Crippen LogP contribution in [0.3, 0.4) is 0 Å². The number of nitrogens with one attached hydrogen (secondary N) is 1. The molecule has 1 saturated carbocycles. The molecule has 35 heavy (non-hydrogen) atoms. The fourth-order valence-corrected chi connectivity index (χ4v) is 5.29. The maximum atomic E-state index is 13.7. The first-order valence-electron chi connectivity index (χ1n) is 12.2. The Morgan fingerprint density at radius 3 is 2.40 bits per heavy atom. The number of nitrogens with zero attached hydrogens (tertiary/aromatic N) is 2. The van der Waals surface area contributed by atoms with Crippen molar-refractivity contribution in [2.75, 3.05) is 19.0 Å². The number of carbonyl (C=O) groups is 2. The molecule has 1 aromatic heterocycles. The van der Waals surface area contributed by atoms with Crippen LogP contribution in [0.1, 0.15) is 42.5 Å². The molecular weight excluding hydrogens is 458 g/mol. The highest BCUT2D eigenvalue weighted by atomic mass is 32.1. The molecule has 0 bridgehead atoms. The number of carbonyl (C=O) groups excluding carboxylic acids is 2. The molecule has 1 N–H and O–H groups in total. The number of hydrogen-bond acceptors (Lipinski definition) is 4. The lowest BCUT2D eigenvalue weighted by Gasteiger charge is -2.35. The molecule has 3 amide bonds. The normalized spacial score (nSPS) is 13.7. The highest BCUT2D eigenvalue weighted by Gasteiger charge is 2.29. The van der Waals surface area contributed by atoms with Crippen molar-refractivity contribution in [1.82, 2.24) is 9.80 Å². The van der Waals surface area contributed by atoms with Gasteiger partial charge in [0, 0.05) is 17.5 Å². The van der Waals surface area contributed by atoms with Gasteiger partial charge in [0.25, 0.3) is 0 Å². The lowest BCUT2D eigenvalue weighted by molar-refractivity contribution is -0.133. The molecule has 1 heterocycles. The second kappa shape index (κ2) is 12.4. The van der Waals surface area contributed by atoms with E-state index in [0.717, 1.165) is 36.1 Å². The SMILES string of the molecule is COc1ccccc1NC(=O)N(CC(=O)N(Cc1ccccc1)Cc1cccs1)C1CCCCC1. The van der Waals surface area contributed by atoms with Crippen molar-refractivity contribution >= 4 is 29.0 Å². The maximum Gasteiger partial charge on any atom is 0.322 e. The van der Waals surface area contributed by atoms with Gasteiger partial charge in [-0.3, -0.25) is 4.79 Å². The molecule has 2 aromatic carbocycles. The van der Waals surface area contributed by atoms with Crippen molar-refractivity contribution in [1.29, 1.82) is 0 Å². The van der Waals surface area contributed by atoms with E-state index < -0.39 is 0 Å². The number of benzene rings is 2. The lowest BCUT2D eigenvalue weighted by Crippen LogP contribution is -2.49. The predicted octanol–water partition coefficient (Wildman–Crippen LogP) is 6.15. The van der Waals surface area contributed by atoms with Crippen molar-refractivity contribution in [3.8, 4) is 5.75 Å². The molecular formula is C28H33N3O3S. The Morgan fingerprint density at radius 2 is 1.69 bits per heavy atom. The van der Waals surface area contributed by atoms with Crippen LogP contribution in [0.5, 0.6) is 5.75 Å². The largest absolute Gasteiger partial charge is 0.495 e. The van der Waals surface area contributed by atoms with Gasteiger partial charge in [-0.15, -0.1) is 11.3 Å².